The summed E-state index contributed by atoms with van der Waals surface area (Å²) in [7, 11) is 1.58. The molecule has 1 aliphatic heterocycles. The summed E-state index contributed by atoms with van der Waals surface area (Å²) in [5.74, 6) is -0.0959. The average Bonchev–Trinajstić information content (AvgIpc) is 3.68. The highest BCUT2D eigenvalue weighted by Crippen LogP contribution is 2.36. The van der Waals surface area contributed by atoms with Crippen molar-refractivity contribution in [1.29, 1.82) is 0 Å². The van der Waals surface area contributed by atoms with E-state index in [9.17, 15) is 14.4 Å². The summed E-state index contributed by atoms with van der Waals surface area (Å²) in [4.78, 5) is 52.8. The molecule has 2 amide bonds. The van der Waals surface area contributed by atoms with Crippen molar-refractivity contribution in [2.45, 2.75) is 111 Å². The fourth-order valence-electron chi connectivity index (χ4n) is 6.99. The number of esters is 1. The Hall–Kier alpha value is -4.15. The Bertz CT molecular complexity index is 1520. The van der Waals surface area contributed by atoms with Crippen LogP contribution in [0.25, 0.3) is 17.1 Å². The maximum Gasteiger partial charge on any atom is 0.408 e. The molecule has 0 bridgehead atoms. The summed E-state index contributed by atoms with van der Waals surface area (Å²) < 4.78 is 23.6. The number of rotatable bonds is 15. The first-order valence-electron chi connectivity index (χ1n) is 18.0. The van der Waals surface area contributed by atoms with Crippen LogP contribution in [0.15, 0.2) is 37.4 Å². The van der Waals surface area contributed by atoms with Crippen molar-refractivity contribution >= 4 is 35.1 Å². The van der Waals surface area contributed by atoms with E-state index in [1.54, 1.807) is 25.3 Å². The third-order valence-electron chi connectivity index (χ3n) is 9.68. The average molecular weight is 693 g/mol. The van der Waals surface area contributed by atoms with E-state index < -0.39 is 47.5 Å². The van der Waals surface area contributed by atoms with Gasteiger partial charge in [-0.15, -0.1) is 6.58 Å². The number of nitrogens with zero attached hydrogens (tertiary/aromatic N) is 3. The lowest BCUT2D eigenvalue weighted by Gasteiger charge is -2.35. The molecule has 4 rings (SSSR count). The van der Waals surface area contributed by atoms with Gasteiger partial charge in [0, 0.05) is 12.0 Å². The smallest absolute Gasteiger partial charge is 0.408 e. The highest BCUT2D eigenvalue weighted by molar-refractivity contribution is 5.91. The minimum absolute atomic E-state index is 0.0739. The number of methoxy groups -OCH3 is 1. The number of alkyl carbamates (subject to hydrolysis) is 1. The molecule has 2 heterocycles. The van der Waals surface area contributed by atoms with E-state index in [2.05, 4.69) is 23.5 Å². The summed E-state index contributed by atoms with van der Waals surface area (Å²) in [5, 5.41) is 2.90. The van der Waals surface area contributed by atoms with Crippen LogP contribution >= 0.6 is 0 Å². The lowest BCUT2D eigenvalue weighted by atomic mass is 9.85. The van der Waals surface area contributed by atoms with Gasteiger partial charge in [0.15, 0.2) is 0 Å². The number of likely N-dealkylation sites (tertiary alicyclic amines) is 1. The Morgan fingerprint density at radius 3 is 2.50 bits per heavy atom. The van der Waals surface area contributed by atoms with Crippen LogP contribution in [-0.4, -0.2) is 77.4 Å². The van der Waals surface area contributed by atoms with Crippen molar-refractivity contribution in [3.63, 3.8) is 0 Å². The molecule has 0 spiro atoms. The lowest BCUT2D eigenvalue weighted by molar-refractivity contribution is -0.157. The third-order valence-corrected chi connectivity index (χ3v) is 9.68. The third kappa shape index (κ3) is 9.34. The number of fused-ring (bicyclic) bond motifs is 1. The van der Waals surface area contributed by atoms with E-state index in [1.807, 2.05) is 53.7 Å². The maximum atomic E-state index is 14.6. The number of allylic oxidation sites excluding steroid dienone is 1. The second-order valence-electron chi connectivity index (χ2n) is 15.0. The fraction of sp³-hybridized carbons (Fsp3) is 0.615. The van der Waals surface area contributed by atoms with Crippen LogP contribution in [0.2, 0.25) is 0 Å². The Balaban J connectivity index is 1.62. The number of amides is 2. The molecule has 1 saturated carbocycles. The molecule has 1 aromatic carbocycles. The number of nitrogens with one attached hydrogen (secondary N) is 1. The fourth-order valence-corrected chi connectivity index (χ4v) is 6.99. The van der Waals surface area contributed by atoms with Crippen molar-refractivity contribution in [3.8, 4) is 11.6 Å². The first-order chi connectivity index (χ1) is 23.8. The van der Waals surface area contributed by atoms with Gasteiger partial charge in [0.25, 0.3) is 0 Å². The highest BCUT2D eigenvalue weighted by Gasteiger charge is 2.52. The number of ether oxygens (including phenoxy) is 4. The minimum Gasteiger partial charge on any atom is -0.497 e. The van der Waals surface area contributed by atoms with Gasteiger partial charge < -0.3 is 29.2 Å². The number of unbranched alkanes of at least 4 members (excludes halogenated alkanes) is 1. The molecule has 11 nitrogen and oxygen atoms in total. The zero-order valence-electron chi connectivity index (χ0n) is 30.9. The molecule has 2 aliphatic rings. The normalized spacial score (nSPS) is 22.6. The predicted octanol–water partition coefficient (Wildman–Crippen LogP) is 7.13. The van der Waals surface area contributed by atoms with Crippen LogP contribution < -0.4 is 14.8 Å². The van der Waals surface area contributed by atoms with Crippen LogP contribution in [0, 0.1) is 23.2 Å². The highest BCUT2D eigenvalue weighted by atomic mass is 16.6. The summed E-state index contributed by atoms with van der Waals surface area (Å²) in [6.45, 7) is 19.5. The number of hydrogen-bond donors (Lipinski definition) is 1. The summed E-state index contributed by atoms with van der Waals surface area (Å²) in [5.41, 5.74) is 0.941. The molecular formula is C39H56N4O7. The summed E-state index contributed by atoms with van der Waals surface area (Å²) in [6.07, 6.45) is 8.21. The van der Waals surface area contributed by atoms with Crippen molar-refractivity contribution < 1.29 is 33.3 Å². The van der Waals surface area contributed by atoms with E-state index in [0.717, 1.165) is 38.5 Å². The van der Waals surface area contributed by atoms with Crippen molar-refractivity contribution in [2.24, 2.45) is 23.2 Å². The van der Waals surface area contributed by atoms with E-state index in [1.165, 1.54) is 4.90 Å². The monoisotopic (exact) mass is 692 g/mol. The van der Waals surface area contributed by atoms with Gasteiger partial charge in [-0.1, -0.05) is 54.2 Å². The van der Waals surface area contributed by atoms with Crippen molar-refractivity contribution in [2.75, 3.05) is 20.3 Å². The van der Waals surface area contributed by atoms with E-state index in [-0.39, 0.29) is 37.0 Å². The second kappa shape index (κ2) is 17.2. The molecule has 274 valence electrons. The van der Waals surface area contributed by atoms with Gasteiger partial charge >= 0.3 is 12.1 Å². The molecule has 11 heteroatoms. The first kappa shape index (κ1) is 38.6. The van der Waals surface area contributed by atoms with E-state index in [0.29, 0.717) is 28.9 Å². The van der Waals surface area contributed by atoms with Gasteiger partial charge in [-0.3, -0.25) is 4.79 Å². The molecule has 1 saturated heterocycles. The van der Waals surface area contributed by atoms with Crippen LogP contribution in [-0.2, 0) is 19.1 Å². The molecule has 1 aromatic heterocycles. The topological polar surface area (TPSA) is 129 Å². The Morgan fingerprint density at radius 2 is 1.86 bits per heavy atom. The molecule has 6 atom stereocenters. The quantitative estimate of drug-likeness (QED) is 0.118. The molecule has 1 N–H and O–H groups in total. The van der Waals surface area contributed by atoms with Crippen LogP contribution in [0.1, 0.15) is 92.2 Å². The Labute approximate surface area is 297 Å². The summed E-state index contributed by atoms with van der Waals surface area (Å²) in [6, 6.07) is 3.46. The van der Waals surface area contributed by atoms with Crippen LogP contribution in [0.5, 0.6) is 11.6 Å². The molecule has 2 aromatic rings. The number of carbonyl (C=O) groups excluding carboxylic acids is 3. The van der Waals surface area contributed by atoms with Gasteiger partial charge in [-0.05, 0) is 80.4 Å². The van der Waals surface area contributed by atoms with E-state index in [4.69, 9.17) is 23.9 Å². The molecule has 50 heavy (non-hydrogen) atoms. The van der Waals surface area contributed by atoms with Gasteiger partial charge in [0.1, 0.15) is 35.7 Å². The van der Waals surface area contributed by atoms with Crippen LogP contribution in [0.3, 0.4) is 0 Å². The predicted molar refractivity (Wildman–Crippen MR) is 194 cm³/mol. The number of carbonyl (C=O) groups is 3. The van der Waals surface area contributed by atoms with Gasteiger partial charge in [-0.2, -0.15) is 0 Å². The zero-order chi connectivity index (χ0) is 36.6. The summed E-state index contributed by atoms with van der Waals surface area (Å²) >= 11 is 0. The van der Waals surface area contributed by atoms with E-state index >= 15 is 0 Å². The standard InChI is InChI=1S/C39H56N4O7/c1-10-13-14-16-25-17-15-18-31(25)50-38(46)42-34(39(6,7)8)36(44)43-22-32(27(11-2)33(43)37(45)48-23-24(4)5)49-35-28(12-3)40-29-20-19-26(47-9)21-30(29)41-35/h10,12,19-21,24-25,27,31-34H,1,3,11,13-18,22-23H2,2,4-9H3,(H,42,46)/t25-,27-,31-,32+,33+,34-/m1/s1. The minimum atomic E-state index is -0.982. The Morgan fingerprint density at radius 1 is 1.10 bits per heavy atom. The lowest BCUT2D eigenvalue weighted by Crippen LogP contribution is -2.57. The number of benzene rings is 1. The SMILES string of the molecule is C=CCCC[C@@H]1CCC[C@H]1OC(=O)N[C@H](C(=O)N1C[C@H](Oc2nc3cc(OC)ccc3nc2C=C)[C@@H](CC)[C@H]1C(=O)OCC(C)C)C(C)(C)C. The van der Waals surface area contributed by atoms with Gasteiger partial charge in [0.05, 0.1) is 31.3 Å². The van der Waals surface area contributed by atoms with Crippen molar-refractivity contribution in [1.82, 2.24) is 20.2 Å². The molecule has 0 unspecified atom stereocenters. The largest absolute Gasteiger partial charge is 0.497 e. The zero-order valence-corrected chi connectivity index (χ0v) is 30.9. The maximum absolute atomic E-state index is 14.6. The second-order valence-corrected chi connectivity index (χ2v) is 15.0. The molecule has 1 aliphatic carbocycles. The molecule has 2 fully saturated rings. The van der Waals surface area contributed by atoms with Crippen molar-refractivity contribution in [3.05, 3.63) is 43.1 Å². The number of aromatic nitrogens is 2. The first-order valence-corrected chi connectivity index (χ1v) is 18.0. The molecule has 0 radical (unpaired) electrons. The number of hydrogen-bond acceptors (Lipinski definition) is 9. The van der Waals surface area contributed by atoms with Gasteiger partial charge in [0.2, 0.25) is 11.8 Å². The Kier molecular flexibility index (Phi) is 13.3. The molecular weight excluding hydrogens is 636 g/mol. The van der Waals surface area contributed by atoms with Crippen LogP contribution in [0.4, 0.5) is 4.79 Å². The van der Waals surface area contributed by atoms with Gasteiger partial charge in [-0.25, -0.2) is 19.6 Å².